The molecule has 0 aliphatic rings. The minimum Gasteiger partial charge on any atom is -0.493 e. The van der Waals surface area contributed by atoms with E-state index in [1.807, 2.05) is 30.3 Å². The summed E-state index contributed by atoms with van der Waals surface area (Å²) in [5.74, 6) is 0.0636. The first-order valence-electron chi connectivity index (χ1n) is 7.81. The lowest BCUT2D eigenvalue weighted by atomic mass is 10.1. The molecule has 0 radical (unpaired) electrons. The Kier molecular flexibility index (Phi) is 6.83. The maximum atomic E-state index is 12.2. The van der Waals surface area contributed by atoms with Crippen LogP contribution in [0.1, 0.15) is 5.56 Å². The van der Waals surface area contributed by atoms with E-state index in [0.717, 1.165) is 5.56 Å². The lowest BCUT2D eigenvalue weighted by Gasteiger charge is -2.17. The minimum absolute atomic E-state index is 0.233. The standard InChI is InChI=1S/C19H21NO5/c1-23-16-10-6-7-11-17(16)25-13-18(21)20-15(19(22)24-2)12-14-8-4-3-5-9-14/h3-11,15H,12-13H2,1-2H3,(H,20,21)/t15-/m0/s1. The van der Waals surface area contributed by atoms with Crippen molar-refractivity contribution in [3.63, 3.8) is 0 Å². The number of hydrogen-bond acceptors (Lipinski definition) is 5. The van der Waals surface area contributed by atoms with Gasteiger partial charge in [-0.2, -0.15) is 0 Å². The van der Waals surface area contributed by atoms with Gasteiger partial charge in [-0.15, -0.1) is 0 Å². The van der Waals surface area contributed by atoms with Crippen molar-refractivity contribution in [2.24, 2.45) is 0 Å². The molecule has 2 aromatic rings. The van der Waals surface area contributed by atoms with Gasteiger partial charge in [0.05, 0.1) is 14.2 Å². The maximum absolute atomic E-state index is 12.2. The van der Waals surface area contributed by atoms with Crippen molar-refractivity contribution >= 4 is 11.9 Å². The second kappa shape index (κ2) is 9.32. The number of ether oxygens (including phenoxy) is 3. The molecule has 0 fully saturated rings. The van der Waals surface area contributed by atoms with Gasteiger partial charge in [0.2, 0.25) is 0 Å². The molecule has 0 saturated carbocycles. The molecule has 6 nitrogen and oxygen atoms in total. The Morgan fingerprint density at radius 2 is 1.60 bits per heavy atom. The highest BCUT2D eigenvalue weighted by Gasteiger charge is 2.22. The molecule has 1 atom stereocenters. The number of nitrogens with one attached hydrogen (secondary N) is 1. The van der Waals surface area contributed by atoms with Crippen LogP contribution in [0.5, 0.6) is 11.5 Å². The molecular formula is C19H21NO5. The summed E-state index contributed by atoms with van der Waals surface area (Å²) in [6.45, 7) is -0.233. The molecule has 0 spiro atoms. The summed E-state index contributed by atoms with van der Waals surface area (Å²) in [5.41, 5.74) is 0.920. The Morgan fingerprint density at radius 3 is 2.24 bits per heavy atom. The van der Waals surface area contributed by atoms with Crippen LogP contribution in [0.3, 0.4) is 0 Å². The quantitative estimate of drug-likeness (QED) is 0.742. The largest absolute Gasteiger partial charge is 0.493 e. The van der Waals surface area contributed by atoms with E-state index in [1.165, 1.54) is 14.2 Å². The second-order valence-electron chi connectivity index (χ2n) is 5.27. The summed E-state index contributed by atoms with van der Waals surface area (Å²) in [5, 5.41) is 2.64. The summed E-state index contributed by atoms with van der Waals surface area (Å²) >= 11 is 0. The number of methoxy groups -OCH3 is 2. The van der Waals surface area contributed by atoms with Gasteiger partial charge in [0.15, 0.2) is 18.1 Å². The van der Waals surface area contributed by atoms with Crippen LogP contribution in [0, 0.1) is 0 Å². The molecule has 0 aliphatic heterocycles. The van der Waals surface area contributed by atoms with Gasteiger partial charge >= 0.3 is 5.97 Å². The number of benzene rings is 2. The van der Waals surface area contributed by atoms with Crippen LogP contribution in [0.25, 0.3) is 0 Å². The third-order valence-corrected chi connectivity index (χ3v) is 3.53. The lowest BCUT2D eigenvalue weighted by Crippen LogP contribution is -2.44. The van der Waals surface area contributed by atoms with Crippen molar-refractivity contribution in [3.8, 4) is 11.5 Å². The first-order valence-corrected chi connectivity index (χ1v) is 7.81. The highest BCUT2D eigenvalue weighted by atomic mass is 16.5. The van der Waals surface area contributed by atoms with Gasteiger partial charge in [-0.05, 0) is 17.7 Å². The van der Waals surface area contributed by atoms with Gasteiger partial charge < -0.3 is 19.5 Å². The van der Waals surface area contributed by atoms with Crippen LogP contribution in [0.2, 0.25) is 0 Å². The van der Waals surface area contributed by atoms with Crippen LogP contribution in [0.4, 0.5) is 0 Å². The third-order valence-electron chi connectivity index (χ3n) is 3.53. The molecule has 132 valence electrons. The second-order valence-corrected chi connectivity index (χ2v) is 5.27. The Balaban J connectivity index is 1.96. The monoisotopic (exact) mass is 343 g/mol. The Hall–Kier alpha value is -3.02. The van der Waals surface area contributed by atoms with Crippen molar-refractivity contribution in [2.75, 3.05) is 20.8 Å². The van der Waals surface area contributed by atoms with Crippen molar-refractivity contribution in [1.82, 2.24) is 5.32 Å². The van der Waals surface area contributed by atoms with E-state index >= 15 is 0 Å². The van der Waals surface area contributed by atoms with E-state index in [1.54, 1.807) is 24.3 Å². The molecule has 2 aromatic carbocycles. The first kappa shape index (κ1) is 18.3. The predicted octanol–water partition coefficient (Wildman–Crippen LogP) is 1.97. The van der Waals surface area contributed by atoms with Crippen molar-refractivity contribution in [1.29, 1.82) is 0 Å². The van der Waals surface area contributed by atoms with Gasteiger partial charge in [-0.25, -0.2) is 4.79 Å². The molecule has 0 bridgehead atoms. The highest BCUT2D eigenvalue weighted by molar-refractivity contribution is 5.85. The Labute approximate surface area is 146 Å². The molecule has 1 amide bonds. The number of rotatable bonds is 8. The molecule has 0 aliphatic carbocycles. The van der Waals surface area contributed by atoms with E-state index in [2.05, 4.69) is 5.32 Å². The van der Waals surface area contributed by atoms with Crippen LogP contribution < -0.4 is 14.8 Å². The molecule has 2 rings (SSSR count). The van der Waals surface area contributed by atoms with Crippen molar-refractivity contribution in [3.05, 3.63) is 60.2 Å². The van der Waals surface area contributed by atoms with E-state index < -0.39 is 17.9 Å². The zero-order chi connectivity index (χ0) is 18.1. The van der Waals surface area contributed by atoms with Gasteiger partial charge in [-0.3, -0.25) is 4.79 Å². The van der Waals surface area contributed by atoms with Crippen LogP contribution >= 0.6 is 0 Å². The van der Waals surface area contributed by atoms with Gasteiger partial charge in [0.25, 0.3) is 5.91 Å². The summed E-state index contributed by atoms with van der Waals surface area (Å²) in [7, 11) is 2.81. The van der Waals surface area contributed by atoms with Gasteiger partial charge in [-0.1, -0.05) is 42.5 Å². The fraction of sp³-hybridized carbons (Fsp3) is 0.263. The number of para-hydroxylation sites is 2. The van der Waals surface area contributed by atoms with Crippen LogP contribution in [-0.2, 0) is 20.7 Å². The third kappa shape index (κ3) is 5.53. The molecule has 1 N–H and O–H groups in total. The molecule has 6 heteroatoms. The SMILES string of the molecule is COC(=O)[C@H](Cc1ccccc1)NC(=O)COc1ccccc1OC. The summed E-state index contributed by atoms with van der Waals surface area (Å²) in [6, 6.07) is 15.6. The van der Waals surface area contributed by atoms with E-state index in [4.69, 9.17) is 14.2 Å². The molecule has 25 heavy (non-hydrogen) atoms. The normalized spacial score (nSPS) is 11.3. The highest BCUT2D eigenvalue weighted by Crippen LogP contribution is 2.25. The number of amides is 1. The summed E-state index contributed by atoms with van der Waals surface area (Å²) in [4.78, 5) is 24.1. The summed E-state index contributed by atoms with van der Waals surface area (Å²) < 4.78 is 15.4. The lowest BCUT2D eigenvalue weighted by molar-refractivity contribution is -0.145. The predicted molar refractivity (Wildman–Crippen MR) is 92.6 cm³/mol. The van der Waals surface area contributed by atoms with Crippen molar-refractivity contribution in [2.45, 2.75) is 12.5 Å². The number of hydrogen-bond donors (Lipinski definition) is 1. The van der Waals surface area contributed by atoms with Gasteiger partial charge in [0.1, 0.15) is 6.04 Å². The molecule has 0 heterocycles. The molecule has 0 unspecified atom stereocenters. The number of esters is 1. The smallest absolute Gasteiger partial charge is 0.328 e. The zero-order valence-electron chi connectivity index (χ0n) is 14.2. The average molecular weight is 343 g/mol. The van der Waals surface area contributed by atoms with Crippen molar-refractivity contribution < 1.29 is 23.8 Å². The van der Waals surface area contributed by atoms with Crippen LogP contribution in [-0.4, -0.2) is 38.7 Å². The minimum atomic E-state index is -0.777. The van der Waals surface area contributed by atoms with E-state index in [9.17, 15) is 9.59 Å². The number of carbonyl (C=O) groups excluding carboxylic acids is 2. The summed E-state index contributed by atoms with van der Waals surface area (Å²) in [6.07, 6.45) is 0.341. The molecular weight excluding hydrogens is 322 g/mol. The topological polar surface area (TPSA) is 73.9 Å². The van der Waals surface area contributed by atoms with E-state index in [0.29, 0.717) is 17.9 Å². The van der Waals surface area contributed by atoms with Gasteiger partial charge in [0, 0.05) is 6.42 Å². The Morgan fingerprint density at radius 1 is 0.960 bits per heavy atom. The Bertz CT molecular complexity index is 702. The maximum Gasteiger partial charge on any atom is 0.328 e. The fourth-order valence-corrected chi connectivity index (χ4v) is 2.30. The van der Waals surface area contributed by atoms with E-state index in [-0.39, 0.29) is 6.61 Å². The first-order chi connectivity index (χ1) is 12.1. The molecule has 0 aromatic heterocycles. The zero-order valence-corrected chi connectivity index (χ0v) is 14.2. The molecule has 0 saturated heterocycles. The average Bonchev–Trinajstić information content (AvgIpc) is 2.66. The fourth-order valence-electron chi connectivity index (χ4n) is 2.30. The number of carbonyl (C=O) groups is 2. The van der Waals surface area contributed by atoms with Crippen LogP contribution in [0.15, 0.2) is 54.6 Å².